The van der Waals surface area contributed by atoms with E-state index in [2.05, 4.69) is 24.1 Å². The molecule has 2 aromatic carbocycles. The Balaban J connectivity index is 1.64. The molecule has 182 valence electrons. The maximum absolute atomic E-state index is 11.1. The van der Waals surface area contributed by atoms with Crippen LogP contribution in [0.2, 0.25) is 0 Å². The number of carboxylic acid groups (broad SMARTS) is 1. The van der Waals surface area contributed by atoms with E-state index in [1.165, 1.54) is 18.3 Å². The van der Waals surface area contributed by atoms with Gasteiger partial charge in [0.25, 0.3) is 0 Å². The Labute approximate surface area is 204 Å². The number of rotatable bonds is 11. The van der Waals surface area contributed by atoms with E-state index in [0.29, 0.717) is 11.1 Å². The van der Waals surface area contributed by atoms with Crippen molar-refractivity contribution in [3.63, 3.8) is 0 Å². The van der Waals surface area contributed by atoms with E-state index in [1.807, 2.05) is 30.3 Å². The van der Waals surface area contributed by atoms with Crippen LogP contribution in [0.5, 0.6) is 11.5 Å². The second-order valence-electron chi connectivity index (χ2n) is 8.79. The lowest BCUT2D eigenvalue weighted by Gasteiger charge is -2.28. The van der Waals surface area contributed by atoms with E-state index in [4.69, 9.17) is 14.6 Å². The van der Waals surface area contributed by atoms with E-state index >= 15 is 0 Å². The minimum Gasteiger partial charge on any atom is -0.497 e. The normalized spacial score (nSPS) is 12.0. The predicted octanol–water partition coefficient (Wildman–Crippen LogP) is 3.68. The highest BCUT2D eigenvalue weighted by molar-refractivity contribution is 5.88. The first-order chi connectivity index (χ1) is 16.7. The van der Waals surface area contributed by atoms with Crippen molar-refractivity contribution in [2.45, 2.75) is 31.9 Å². The number of carbonyl (C=O) groups is 1. The molecule has 35 heavy (non-hydrogen) atoms. The number of β-amino-alcohol motifs (C(OH)–C–C–N with tert-alkyl or cyclic N) is 1. The standard InChI is InChI=1S/C27H29N3O5/c1-27(2,14-18-4-10-22(34-3)11-5-18)30-16-21(31)17-35-25-23(12-13-29-24(25)15-28)19-6-8-20(9-7-19)26(32)33/h4-13,21,30-31H,14,16-17H2,1-3H3,(H,32,33)/t21-/m1/s1. The fourth-order valence-corrected chi connectivity index (χ4v) is 3.64. The summed E-state index contributed by atoms with van der Waals surface area (Å²) in [6.07, 6.45) is 1.41. The molecule has 0 unspecified atom stereocenters. The summed E-state index contributed by atoms with van der Waals surface area (Å²) in [7, 11) is 1.63. The summed E-state index contributed by atoms with van der Waals surface area (Å²) in [6.45, 7) is 4.34. The number of pyridine rings is 1. The molecule has 1 heterocycles. The molecule has 3 rings (SSSR count). The smallest absolute Gasteiger partial charge is 0.335 e. The summed E-state index contributed by atoms with van der Waals surface area (Å²) in [5.41, 5.74) is 2.38. The molecule has 0 saturated heterocycles. The van der Waals surface area contributed by atoms with Crippen LogP contribution < -0.4 is 14.8 Å². The van der Waals surface area contributed by atoms with Gasteiger partial charge in [-0.1, -0.05) is 24.3 Å². The summed E-state index contributed by atoms with van der Waals surface area (Å²) >= 11 is 0. The van der Waals surface area contributed by atoms with Crippen LogP contribution >= 0.6 is 0 Å². The highest BCUT2D eigenvalue weighted by atomic mass is 16.5. The topological polar surface area (TPSA) is 125 Å². The van der Waals surface area contributed by atoms with Gasteiger partial charge in [0, 0.05) is 23.8 Å². The number of methoxy groups -OCH3 is 1. The van der Waals surface area contributed by atoms with Gasteiger partial charge in [0.1, 0.15) is 24.5 Å². The Kier molecular flexibility index (Phi) is 8.42. The van der Waals surface area contributed by atoms with Crippen molar-refractivity contribution in [3.05, 3.63) is 77.6 Å². The molecule has 8 nitrogen and oxygen atoms in total. The number of benzene rings is 2. The highest BCUT2D eigenvalue weighted by Crippen LogP contribution is 2.32. The number of carboxylic acids is 1. The van der Waals surface area contributed by atoms with Gasteiger partial charge in [-0.2, -0.15) is 5.26 Å². The molecule has 0 aliphatic heterocycles. The summed E-state index contributed by atoms with van der Waals surface area (Å²) < 4.78 is 11.1. The van der Waals surface area contributed by atoms with Crippen LogP contribution in [0.1, 0.15) is 35.5 Å². The van der Waals surface area contributed by atoms with Crippen molar-refractivity contribution in [1.29, 1.82) is 5.26 Å². The molecule has 0 saturated carbocycles. The Morgan fingerprint density at radius 2 is 1.83 bits per heavy atom. The quantitative estimate of drug-likeness (QED) is 0.384. The maximum Gasteiger partial charge on any atom is 0.335 e. The van der Waals surface area contributed by atoms with Gasteiger partial charge < -0.3 is 25.0 Å². The summed E-state index contributed by atoms with van der Waals surface area (Å²) in [5.74, 6) is 0.0250. The molecule has 0 bridgehead atoms. The summed E-state index contributed by atoms with van der Waals surface area (Å²) in [4.78, 5) is 15.2. The minimum atomic E-state index is -1.02. The molecule has 1 atom stereocenters. The fourth-order valence-electron chi connectivity index (χ4n) is 3.64. The minimum absolute atomic E-state index is 0.0494. The number of aromatic nitrogens is 1. The van der Waals surface area contributed by atoms with Gasteiger partial charge in [0.2, 0.25) is 0 Å². The molecular weight excluding hydrogens is 446 g/mol. The molecule has 0 aliphatic rings. The molecule has 3 N–H and O–H groups in total. The molecule has 8 heteroatoms. The number of nitrogens with one attached hydrogen (secondary N) is 1. The molecule has 0 fully saturated rings. The van der Waals surface area contributed by atoms with Gasteiger partial charge in [-0.25, -0.2) is 9.78 Å². The van der Waals surface area contributed by atoms with E-state index in [-0.39, 0.29) is 35.7 Å². The van der Waals surface area contributed by atoms with Crippen molar-refractivity contribution >= 4 is 5.97 Å². The Morgan fingerprint density at radius 3 is 2.43 bits per heavy atom. The van der Waals surface area contributed by atoms with Crippen molar-refractivity contribution in [2.75, 3.05) is 20.3 Å². The Bertz CT molecular complexity index is 1180. The van der Waals surface area contributed by atoms with Crippen LogP contribution in [0.15, 0.2) is 60.8 Å². The first-order valence-corrected chi connectivity index (χ1v) is 11.1. The van der Waals surface area contributed by atoms with Gasteiger partial charge in [-0.3, -0.25) is 0 Å². The third kappa shape index (κ3) is 7.03. The van der Waals surface area contributed by atoms with Crippen LogP contribution in [0, 0.1) is 11.3 Å². The van der Waals surface area contributed by atoms with Crippen molar-refractivity contribution in [3.8, 4) is 28.7 Å². The van der Waals surface area contributed by atoms with Gasteiger partial charge in [-0.05, 0) is 61.7 Å². The lowest BCUT2D eigenvalue weighted by Crippen LogP contribution is -2.46. The predicted molar refractivity (Wildman–Crippen MR) is 132 cm³/mol. The van der Waals surface area contributed by atoms with Crippen molar-refractivity contribution in [2.24, 2.45) is 0 Å². The molecule has 0 radical (unpaired) electrons. The van der Waals surface area contributed by atoms with Crippen LogP contribution in [0.4, 0.5) is 0 Å². The zero-order valence-corrected chi connectivity index (χ0v) is 20.0. The molecule has 0 aliphatic carbocycles. The number of aliphatic hydroxyl groups is 1. The number of ether oxygens (including phenoxy) is 2. The SMILES string of the molecule is COc1ccc(CC(C)(C)NC[C@@H](O)COc2c(-c3ccc(C(=O)O)cc3)ccnc2C#N)cc1. The third-order valence-electron chi connectivity index (χ3n) is 5.49. The largest absolute Gasteiger partial charge is 0.497 e. The van der Waals surface area contributed by atoms with Gasteiger partial charge in [0.05, 0.1) is 12.7 Å². The molecular formula is C27H29N3O5. The first-order valence-electron chi connectivity index (χ1n) is 11.1. The first kappa shape index (κ1) is 25.7. The van der Waals surface area contributed by atoms with E-state index < -0.39 is 12.1 Å². The Morgan fingerprint density at radius 1 is 1.14 bits per heavy atom. The number of hydrogen-bond donors (Lipinski definition) is 3. The zero-order chi connectivity index (χ0) is 25.4. The summed E-state index contributed by atoms with van der Waals surface area (Å²) in [6, 6.07) is 17.8. The third-order valence-corrected chi connectivity index (χ3v) is 5.49. The summed E-state index contributed by atoms with van der Waals surface area (Å²) in [5, 5.41) is 32.6. The number of hydrogen-bond acceptors (Lipinski definition) is 7. The van der Waals surface area contributed by atoms with Crippen molar-refractivity contribution < 1.29 is 24.5 Å². The molecule has 0 spiro atoms. The highest BCUT2D eigenvalue weighted by Gasteiger charge is 2.21. The van der Waals surface area contributed by atoms with Crippen LogP contribution in [-0.4, -0.2) is 53.1 Å². The van der Waals surface area contributed by atoms with Crippen LogP contribution in [0.3, 0.4) is 0 Å². The van der Waals surface area contributed by atoms with Crippen LogP contribution in [-0.2, 0) is 6.42 Å². The fraction of sp³-hybridized carbons (Fsp3) is 0.296. The second-order valence-corrected chi connectivity index (χ2v) is 8.79. The monoisotopic (exact) mass is 475 g/mol. The van der Waals surface area contributed by atoms with E-state index in [1.54, 1.807) is 25.3 Å². The second kappa shape index (κ2) is 11.5. The van der Waals surface area contributed by atoms with Gasteiger partial charge >= 0.3 is 5.97 Å². The van der Waals surface area contributed by atoms with E-state index in [0.717, 1.165) is 17.7 Å². The van der Waals surface area contributed by atoms with Gasteiger partial charge in [0.15, 0.2) is 11.4 Å². The van der Waals surface area contributed by atoms with Crippen LogP contribution in [0.25, 0.3) is 11.1 Å². The molecule has 1 aromatic heterocycles. The lowest BCUT2D eigenvalue weighted by atomic mass is 9.94. The number of aromatic carboxylic acids is 1. The average molecular weight is 476 g/mol. The lowest BCUT2D eigenvalue weighted by molar-refractivity contribution is 0.0697. The zero-order valence-electron chi connectivity index (χ0n) is 20.0. The number of nitriles is 1. The molecule has 0 amide bonds. The van der Waals surface area contributed by atoms with Crippen molar-refractivity contribution in [1.82, 2.24) is 10.3 Å². The Hall–Kier alpha value is -3.93. The number of aliphatic hydroxyl groups excluding tert-OH is 1. The maximum atomic E-state index is 11.1. The molecule has 3 aromatic rings. The van der Waals surface area contributed by atoms with E-state index in [9.17, 15) is 15.2 Å². The number of nitrogens with zero attached hydrogens (tertiary/aromatic N) is 2. The van der Waals surface area contributed by atoms with Gasteiger partial charge in [-0.15, -0.1) is 0 Å². The average Bonchev–Trinajstić information content (AvgIpc) is 2.86.